The number of aromatic nitrogens is 1. The summed E-state index contributed by atoms with van der Waals surface area (Å²) in [5.41, 5.74) is 4.57. The zero-order chi connectivity index (χ0) is 20.7. The average molecular weight is 523 g/mol. The molecule has 0 aliphatic carbocycles. The first-order chi connectivity index (χ1) is 14.6. The molecule has 0 bridgehead atoms. The maximum absolute atomic E-state index is 13.4. The van der Waals surface area contributed by atoms with Gasteiger partial charge in [0.1, 0.15) is 6.04 Å². The molecule has 1 N–H and O–H groups in total. The molecule has 1 aliphatic rings. The molecule has 0 fully saturated rings. The monoisotopic (exact) mass is 521 g/mol. The Morgan fingerprint density at radius 2 is 1.60 bits per heavy atom. The van der Waals surface area contributed by atoms with Crippen molar-refractivity contribution in [3.05, 3.63) is 105 Å². The fourth-order valence-electron chi connectivity index (χ4n) is 3.76. The highest BCUT2D eigenvalue weighted by atomic mass is 79.9. The number of halogens is 2. The summed E-state index contributed by atoms with van der Waals surface area (Å²) in [4.78, 5) is 16.9. The van der Waals surface area contributed by atoms with E-state index in [1.54, 1.807) is 5.01 Å². The number of para-hydroxylation sites is 1. The zero-order valence-electron chi connectivity index (χ0n) is 15.8. The molecule has 30 heavy (non-hydrogen) atoms. The van der Waals surface area contributed by atoms with E-state index in [0.717, 1.165) is 36.8 Å². The van der Waals surface area contributed by atoms with E-state index in [1.165, 1.54) is 0 Å². The summed E-state index contributed by atoms with van der Waals surface area (Å²) in [6, 6.07) is 25.5. The number of carbonyl (C=O) groups excluding carboxylic acids is 1. The Morgan fingerprint density at radius 1 is 0.933 bits per heavy atom. The van der Waals surface area contributed by atoms with Gasteiger partial charge in [-0.15, -0.1) is 0 Å². The summed E-state index contributed by atoms with van der Waals surface area (Å²) < 4.78 is 1.95. The molecule has 0 saturated heterocycles. The molecule has 2 heterocycles. The molecule has 4 nitrogen and oxygen atoms in total. The van der Waals surface area contributed by atoms with Crippen LogP contribution in [0.4, 0.5) is 0 Å². The largest absolute Gasteiger partial charge is 0.357 e. The predicted octanol–water partition coefficient (Wildman–Crippen LogP) is 6.68. The Kier molecular flexibility index (Phi) is 5.05. The highest BCUT2D eigenvalue weighted by Crippen LogP contribution is 2.35. The molecule has 1 amide bonds. The fraction of sp³-hybridized carbons (Fsp3) is 0.0833. The van der Waals surface area contributed by atoms with E-state index in [-0.39, 0.29) is 11.9 Å². The lowest BCUT2D eigenvalue weighted by Gasteiger charge is -2.21. The van der Waals surface area contributed by atoms with Gasteiger partial charge in [-0.1, -0.05) is 62.2 Å². The number of carbonyl (C=O) groups is 1. The number of aromatic amines is 1. The highest BCUT2D eigenvalue weighted by molar-refractivity contribution is 9.10. The van der Waals surface area contributed by atoms with Crippen LogP contribution in [-0.2, 0) is 0 Å². The van der Waals surface area contributed by atoms with Crippen LogP contribution in [0.15, 0.2) is 92.9 Å². The van der Waals surface area contributed by atoms with Gasteiger partial charge in [0.2, 0.25) is 0 Å². The molecular weight excluding hydrogens is 506 g/mol. The minimum absolute atomic E-state index is 0.113. The molecule has 1 unspecified atom stereocenters. The first kappa shape index (κ1) is 19.3. The van der Waals surface area contributed by atoms with Crippen molar-refractivity contribution in [1.29, 1.82) is 0 Å². The third-order valence-electron chi connectivity index (χ3n) is 5.30. The van der Waals surface area contributed by atoms with Gasteiger partial charge >= 0.3 is 0 Å². The van der Waals surface area contributed by atoms with Gasteiger partial charge in [-0.3, -0.25) is 4.79 Å². The standard InChI is InChI=1S/C24H17Br2N3O/c25-18-9-5-15(6-10-18)21-14-23(22-13-17-3-1-2-4-20(17)27-22)29(28-21)24(30)16-7-11-19(26)12-8-16/h1-13,23,27H,14H2. The summed E-state index contributed by atoms with van der Waals surface area (Å²) in [6.45, 7) is 0. The third-order valence-corrected chi connectivity index (χ3v) is 6.35. The van der Waals surface area contributed by atoms with E-state index in [1.807, 2.05) is 66.7 Å². The smallest absolute Gasteiger partial charge is 0.274 e. The summed E-state index contributed by atoms with van der Waals surface area (Å²) in [7, 11) is 0. The lowest BCUT2D eigenvalue weighted by atomic mass is 10.0. The quantitative estimate of drug-likeness (QED) is 0.320. The van der Waals surface area contributed by atoms with E-state index in [4.69, 9.17) is 5.10 Å². The Balaban J connectivity index is 1.56. The molecule has 0 saturated carbocycles. The van der Waals surface area contributed by atoms with E-state index in [2.05, 4.69) is 49.0 Å². The Labute approximate surface area is 190 Å². The van der Waals surface area contributed by atoms with Crippen LogP contribution >= 0.6 is 31.9 Å². The van der Waals surface area contributed by atoms with Gasteiger partial charge in [0, 0.05) is 32.1 Å². The minimum atomic E-state index is -0.188. The van der Waals surface area contributed by atoms with Crippen LogP contribution in [0.25, 0.3) is 10.9 Å². The van der Waals surface area contributed by atoms with Gasteiger partial charge in [0.15, 0.2) is 0 Å². The maximum Gasteiger partial charge on any atom is 0.274 e. The molecule has 4 aromatic rings. The topological polar surface area (TPSA) is 48.5 Å². The van der Waals surface area contributed by atoms with Crippen LogP contribution in [0.3, 0.4) is 0 Å². The molecule has 3 aromatic carbocycles. The second-order valence-corrected chi connectivity index (χ2v) is 9.07. The van der Waals surface area contributed by atoms with Crippen LogP contribution in [0, 0.1) is 0 Å². The second-order valence-electron chi connectivity index (χ2n) is 7.24. The van der Waals surface area contributed by atoms with Crippen LogP contribution in [0.1, 0.15) is 34.1 Å². The van der Waals surface area contributed by atoms with Crippen LogP contribution in [0.5, 0.6) is 0 Å². The lowest BCUT2D eigenvalue weighted by Crippen LogP contribution is -2.27. The van der Waals surface area contributed by atoms with Crippen molar-refractivity contribution in [2.24, 2.45) is 5.10 Å². The number of H-pyrrole nitrogens is 1. The van der Waals surface area contributed by atoms with Crippen LogP contribution in [0.2, 0.25) is 0 Å². The molecule has 6 heteroatoms. The van der Waals surface area contributed by atoms with Crippen molar-refractivity contribution >= 4 is 54.4 Å². The third kappa shape index (κ3) is 3.61. The highest BCUT2D eigenvalue weighted by Gasteiger charge is 2.34. The number of fused-ring (bicyclic) bond motifs is 1. The van der Waals surface area contributed by atoms with Gasteiger partial charge in [-0.25, -0.2) is 5.01 Å². The second kappa shape index (κ2) is 7.85. The number of hydrogen-bond donors (Lipinski definition) is 1. The van der Waals surface area contributed by atoms with Gasteiger partial charge in [-0.2, -0.15) is 5.10 Å². The molecule has 5 rings (SSSR count). The molecule has 0 spiro atoms. The molecule has 148 valence electrons. The molecule has 0 radical (unpaired) electrons. The van der Waals surface area contributed by atoms with E-state index in [0.29, 0.717) is 12.0 Å². The van der Waals surface area contributed by atoms with Crippen molar-refractivity contribution in [2.45, 2.75) is 12.5 Å². The predicted molar refractivity (Wildman–Crippen MR) is 127 cm³/mol. The maximum atomic E-state index is 13.4. The Morgan fingerprint density at radius 3 is 2.30 bits per heavy atom. The molecule has 1 atom stereocenters. The minimum Gasteiger partial charge on any atom is -0.357 e. The number of nitrogens with one attached hydrogen (secondary N) is 1. The molecule has 1 aliphatic heterocycles. The number of hydrogen-bond acceptors (Lipinski definition) is 2. The lowest BCUT2D eigenvalue weighted by molar-refractivity contribution is 0.0708. The van der Waals surface area contributed by atoms with Crippen molar-refractivity contribution in [3.63, 3.8) is 0 Å². The van der Waals surface area contributed by atoms with Crippen molar-refractivity contribution in [2.75, 3.05) is 0 Å². The van der Waals surface area contributed by atoms with Crippen molar-refractivity contribution in [1.82, 2.24) is 9.99 Å². The summed E-state index contributed by atoms with van der Waals surface area (Å²) in [6.07, 6.45) is 0.650. The average Bonchev–Trinajstić information content (AvgIpc) is 3.39. The fourth-order valence-corrected chi connectivity index (χ4v) is 4.29. The van der Waals surface area contributed by atoms with Crippen molar-refractivity contribution < 1.29 is 4.79 Å². The first-order valence-electron chi connectivity index (χ1n) is 9.59. The van der Waals surface area contributed by atoms with Gasteiger partial charge in [0.25, 0.3) is 5.91 Å². The summed E-state index contributed by atoms with van der Waals surface area (Å²) >= 11 is 6.91. The van der Waals surface area contributed by atoms with E-state index in [9.17, 15) is 4.79 Å². The SMILES string of the molecule is O=C(c1ccc(Br)cc1)N1N=C(c2ccc(Br)cc2)CC1c1cc2ccccc2[nH]1. The number of benzene rings is 3. The number of hydrazone groups is 1. The number of nitrogens with zero attached hydrogens (tertiary/aromatic N) is 2. The van der Waals surface area contributed by atoms with Crippen LogP contribution in [-0.4, -0.2) is 21.6 Å². The van der Waals surface area contributed by atoms with E-state index >= 15 is 0 Å². The van der Waals surface area contributed by atoms with E-state index < -0.39 is 0 Å². The first-order valence-corrected chi connectivity index (χ1v) is 11.2. The van der Waals surface area contributed by atoms with Gasteiger partial charge in [-0.05, 0) is 59.5 Å². The summed E-state index contributed by atoms with van der Waals surface area (Å²) in [5, 5.41) is 7.51. The molecule has 1 aromatic heterocycles. The van der Waals surface area contributed by atoms with Gasteiger partial charge < -0.3 is 4.98 Å². The van der Waals surface area contributed by atoms with Gasteiger partial charge in [0.05, 0.1) is 5.71 Å². The normalized spacial score (nSPS) is 16.1. The summed E-state index contributed by atoms with van der Waals surface area (Å²) in [5.74, 6) is -0.113. The van der Waals surface area contributed by atoms with Crippen LogP contribution < -0.4 is 0 Å². The molecular formula is C24H17Br2N3O. The van der Waals surface area contributed by atoms with Crippen molar-refractivity contribution in [3.8, 4) is 0 Å². The number of rotatable bonds is 3. The Hall–Kier alpha value is -2.70. The Bertz CT molecular complexity index is 1230. The number of amides is 1. The zero-order valence-corrected chi connectivity index (χ0v) is 19.0.